The highest BCUT2D eigenvalue weighted by molar-refractivity contribution is 5.94. The Kier molecular flexibility index (Phi) is 5.00. The van der Waals surface area contributed by atoms with Gasteiger partial charge in [-0.1, -0.05) is 0 Å². The molecule has 0 amide bonds. The van der Waals surface area contributed by atoms with Gasteiger partial charge in [-0.25, -0.2) is 0 Å². The van der Waals surface area contributed by atoms with E-state index in [9.17, 15) is 19.2 Å². The Balaban J connectivity index is 2.77. The van der Waals surface area contributed by atoms with Crippen molar-refractivity contribution in [1.29, 1.82) is 0 Å². The van der Waals surface area contributed by atoms with Gasteiger partial charge in [0.2, 0.25) is 0 Å². The molecule has 0 saturated heterocycles. The van der Waals surface area contributed by atoms with Crippen LogP contribution in [0.3, 0.4) is 0 Å². The first-order chi connectivity index (χ1) is 8.47. The summed E-state index contributed by atoms with van der Waals surface area (Å²) >= 11 is 0. The fourth-order valence-electron chi connectivity index (χ4n) is 2.08. The summed E-state index contributed by atoms with van der Waals surface area (Å²) in [6.45, 7) is 0. The van der Waals surface area contributed by atoms with Crippen molar-refractivity contribution in [1.82, 2.24) is 0 Å². The lowest BCUT2D eigenvalue weighted by Gasteiger charge is -2.20. The number of esters is 2. The molecule has 1 aliphatic carbocycles. The Bertz CT molecular complexity index is 321. The third kappa shape index (κ3) is 3.65. The number of ketones is 2. The van der Waals surface area contributed by atoms with Crippen LogP contribution in [0, 0.1) is 11.8 Å². The first kappa shape index (κ1) is 14.3. The van der Waals surface area contributed by atoms with Crippen molar-refractivity contribution in [3.05, 3.63) is 0 Å². The van der Waals surface area contributed by atoms with E-state index in [2.05, 4.69) is 9.47 Å². The van der Waals surface area contributed by atoms with Crippen LogP contribution in [0.25, 0.3) is 0 Å². The maximum Gasteiger partial charge on any atom is 0.309 e. The SMILES string of the molecule is COC(=O)C1CC(=O)CC(C(=O)OC)CC(=O)C1. The second kappa shape index (κ2) is 6.28. The van der Waals surface area contributed by atoms with Crippen molar-refractivity contribution in [2.75, 3.05) is 14.2 Å². The molecule has 0 bridgehead atoms. The van der Waals surface area contributed by atoms with Crippen LogP contribution in [0.15, 0.2) is 0 Å². The van der Waals surface area contributed by atoms with Gasteiger partial charge in [-0.15, -0.1) is 0 Å². The average Bonchev–Trinajstić information content (AvgIpc) is 2.33. The Morgan fingerprint density at radius 3 is 1.33 bits per heavy atom. The van der Waals surface area contributed by atoms with Gasteiger partial charge in [0.25, 0.3) is 0 Å². The normalized spacial score (nSPS) is 25.0. The molecular formula is C12H16O6. The molecule has 0 radical (unpaired) electrons. The van der Waals surface area contributed by atoms with E-state index in [1.54, 1.807) is 0 Å². The highest BCUT2D eigenvalue weighted by Gasteiger charge is 2.33. The molecule has 0 aromatic heterocycles. The van der Waals surface area contributed by atoms with E-state index < -0.39 is 23.8 Å². The van der Waals surface area contributed by atoms with Crippen molar-refractivity contribution in [3.8, 4) is 0 Å². The van der Waals surface area contributed by atoms with Crippen LogP contribution in [0.1, 0.15) is 25.7 Å². The minimum Gasteiger partial charge on any atom is -0.469 e. The van der Waals surface area contributed by atoms with Crippen molar-refractivity contribution in [2.45, 2.75) is 25.7 Å². The van der Waals surface area contributed by atoms with E-state index in [1.165, 1.54) is 14.2 Å². The van der Waals surface area contributed by atoms with Crippen molar-refractivity contribution < 1.29 is 28.7 Å². The van der Waals surface area contributed by atoms with E-state index in [0.29, 0.717) is 0 Å². The van der Waals surface area contributed by atoms with E-state index in [4.69, 9.17) is 0 Å². The summed E-state index contributed by atoms with van der Waals surface area (Å²) in [5.74, 6) is -3.04. The molecule has 1 aliphatic rings. The average molecular weight is 256 g/mol. The molecule has 0 unspecified atom stereocenters. The predicted molar refractivity (Wildman–Crippen MR) is 59.5 cm³/mol. The van der Waals surface area contributed by atoms with Crippen molar-refractivity contribution >= 4 is 23.5 Å². The van der Waals surface area contributed by atoms with Crippen LogP contribution >= 0.6 is 0 Å². The topological polar surface area (TPSA) is 86.7 Å². The van der Waals surface area contributed by atoms with Crippen LogP contribution in [0.5, 0.6) is 0 Å². The minimum absolute atomic E-state index is 0.0636. The number of methoxy groups -OCH3 is 2. The van der Waals surface area contributed by atoms with Gasteiger partial charge in [0, 0.05) is 25.7 Å². The molecule has 0 aromatic carbocycles. The molecule has 0 heterocycles. The molecular weight excluding hydrogens is 240 g/mol. The lowest BCUT2D eigenvalue weighted by Crippen LogP contribution is -2.31. The van der Waals surface area contributed by atoms with Gasteiger partial charge in [0.15, 0.2) is 0 Å². The summed E-state index contributed by atoms with van der Waals surface area (Å²) in [4.78, 5) is 46.1. The number of ether oxygens (including phenoxy) is 2. The molecule has 0 aliphatic heterocycles. The van der Waals surface area contributed by atoms with Gasteiger partial charge in [0.05, 0.1) is 26.1 Å². The molecule has 6 nitrogen and oxygen atoms in total. The highest BCUT2D eigenvalue weighted by Crippen LogP contribution is 2.23. The summed E-state index contributed by atoms with van der Waals surface area (Å²) in [5, 5.41) is 0. The summed E-state index contributed by atoms with van der Waals surface area (Å²) < 4.78 is 9.09. The fourth-order valence-corrected chi connectivity index (χ4v) is 2.08. The number of Topliss-reactive ketones (excluding diaryl/α,β-unsaturated/α-hetero) is 2. The lowest BCUT2D eigenvalue weighted by atomic mass is 9.84. The lowest BCUT2D eigenvalue weighted by molar-refractivity contribution is -0.152. The van der Waals surface area contributed by atoms with Crippen LogP contribution in [0.2, 0.25) is 0 Å². The molecule has 0 aromatic rings. The van der Waals surface area contributed by atoms with E-state index in [0.717, 1.165) is 0 Å². The number of carbonyl (C=O) groups is 4. The predicted octanol–water partition coefficient (Wildman–Crippen LogP) is 0.277. The van der Waals surface area contributed by atoms with Gasteiger partial charge in [-0.05, 0) is 0 Å². The van der Waals surface area contributed by atoms with Gasteiger partial charge in [0.1, 0.15) is 11.6 Å². The third-order valence-corrected chi connectivity index (χ3v) is 2.97. The van der Waals surface area contributed by atoms with Crippen LogP contribution in [0.4, 0.5) is 0 Å². The number of hydrogen-bond acceptors (Lipinski definition) is 6. The van der Waals surface area contributed by atoms with Crippen molar-refractivity contribution in [2.24, 2.45) is 11.8 Å². The maximum absolute atomic E-state index is 11.7. The second-order valence-electron chi connectivity index (χ2n) is 4.33. The van der Waals surface area contributed by atoms with Crippen LogP contribution in [-0.4, -0.2) is 37.7 Å². The van der Waals surface area contributed by atoms with Crippen LogP contribution < -0.4 is 0 Å². The standard InChI is InChI=1S/C12H16O6/c1-17-11(15)7-3-9(13)5-8(12(16)18-2)6-10(14)4-7/h7-8H,3-6H2,1-2H3. The highest BCUT2D eigenvalue weighted by atomic mass is 16.5. The van der Waals surface area contributed by atoms with Gasteiger partial charge in [-0.3, -0.25) is 19.2 Å². The summed E-state index contributed by atoms with van der Waals surface area (Å²) in [7, 11) is 2.43. The smallest absolute Gasteiger partial charge is 0.309 e. The van der Waals surface area contributed by atoms with Gasteiger partial charge < -0.3 is 9.47 Å². The Morgan fingerprint density at radius 1 is 0.833 bits per heavy atom. The summed E-state index contributed by atoms with van der Waals surface area (Å²) in [6.07, 6.45) is -0.254. The zero-order valence-corrected chi connectivity index (χ0v) is 10.4. The number of hydrogen-bond donors (Lipinski definition) is 0. The number of rotatable bonds is 2. The summed E-state index contributed by atoms with van der Waals surface area (Å²) in [5.41, 5.74) is 0. The molecule has 18 heavy (non-hydrogen) atoms. The van der Waals surface area contributed by atoms with E-state index in [-0.39, 0.29) is 37.2 Å². The molecule has 0 spiro atoms. The molecule has 0 N–H and O–H groups in total. The quantitative estimate of drug-likeness (QED) is 0.659. The van der Waals surface area contributed by atoms with Gasteiger partial charge >= 0.3 is 11.9 Å². The molecule has 0 atom stereocenters. The Morgan fingerprint density at radius 2 is 1.11 bits per heavy atom. The van der Waals surface area contributed by atoms with Gasteiger partial charge in [-0.2, -0.15) is 0 Å². The minimum atomic E-state index is -0.728. The summed E-state index contributed by atoms with van der Waals surface area (Å²) in [6, 6.07) is 0. The first-order valence-electron chi connectivity index (χ1n) is 5.67. The van der Waals surface area contributed by atoms with Crippen molar-refractivity contribution in [3.63, 3.8) is 0 Å². The first-order valence-corrected chi connectivity index (χ1v) is 5.67. The number of carbonyl (C=O) groups excluding carboxylic acids is 4. The maximum atomic E-state index is 11.7. The molecule has 1 saturated carbocycles. The molecule has 6 heteroatoms. The molecule has 1 rings (SSSR count). The van der Waals surface area contributed by atoms with E-state index >= 15 is 0 Å². The third-order valence-electron chi connectivity index (χ3n) is 2.97. The van der Waals surface area contributed by atoms with E-state index in [1.807, 2.05) is 0 Å². The Hall–Kier alpha value is -1.72. The zero-order chi connectivity index (χ0) is 13.7. The largest absolute Gasteiger partial charge is 0.469 e. The second-order valence-corrected chi connectivity index (χ2v) is 4.33. The Labute approximate surface area is 105 Å². The molecule has 100 valence electrons. The van der Waals surface area contributed by atoms with Crippen LogP contribution in [-0.2, 0) is 28.7 Å². The fraction of sp³-hybridized carbons (Fsp3) is 0.667. The monoisotopic (exact) mass is 256 g/mol. The molecule has 1 fully saturated rings. The zero-order valence-electron chi connectivity index (χ0n) is 10.4.